The van der Waals surface area contributed by atoms with E-state index in [9.17, 15) is 0 Å². The van der Waals surface area contributed by atoms with Gasteiger partial charge in [0.25, 0.3) is 0 Å². The van der Waals surface area contributed by atoms with Gasteiger partial charge in [0.15, 0.2) is 0 Å². The highest BCUT2D eigenvalue weighted by molar-refractivity contribution is 5.48. The zero-order valence-corrected chi connectivity index (χ0v) is 11.5. The number of likely N-dealkylation sites (tertiary alicyclic amines) is 1. The highest BCUT2D eigenvalue weighted by Crippen LogP contribution is 2.26. The third-order valence-corrected chi connectivity index (χ3v) is 4.18. The number of nitrogens with zero attached hydrogens (tertiary/aromatic N) is 3. The van der Waals surface area contributed by atoms with Crippen molar-refractivity contribution in [3.8, 4) is 0 Å². The second-order valence-electron chi connectivity index (χ2n) is 5.38. The van der Waals surface area contributed by atoms with Crippen molar-refractivity contribution in [2.24, 2.45) is 5.73 Å². The van der Waals surface area contributed by atoms with Crippen LogP contribution in [0.5, 0.6) is 0 Å². The molecule has 1 aliphatic heterocycles. The fourth-order valence-corrected chi connectivity index (χ4v) is 3.05. The van der Waals surface area contributed by atoms with E-state index in [0.29, 0.717) is 12.5 Å². The summed E-state index contributed by atoms with van der Waals surface area (Å²) in [6.07, 6.45) is 6.60. The molecule has 19 heavy (non-hydrogen) atoms. The molecule has 1 saturated heterocycles. The van der Waals surface area contributed by atoms with Crippen LogP contribution in [0.2, 0.25) is 0 Å². The Bertz CT molecular complexity index is 560. The van der Waals surface area contributed by atoms with Crippen LogP contribution >= 0.6 is 0 Å². The maximum Gasteiger partial charge on any atom is 0.117 e. The van der Waals surface area contributed by atoms with Crippen molar-refractivity contribution in [1.82, 2.24) is 14.3 Å². The van der Waals surface area contributed by atoms with Crippen LogP contribution in [0, 0.1) is 0 Å². The summed E-state index contributed by atoms with van der Waals surface area (Å²) in [4.78, 5) is 7.18. The number of rotatable bonds is 3. The van der Waals surface area contributed by atoms with Crippen molar-refractivity contribution in [3.63, 3.8) is 0 Å². The quantitative estimate of drug-likeness (QED) is 0.916. The monoisotopic (exact) mass is 258 g/mol. The molecule has 1 atom stereocenters. The number of aromatic nitrogens is 2. The van der Waals surface area contributed by atoms with E-state index >= 15 is 0 Å². The van der Waals surface area contributed by atoms with Gasteiger partial charge in [0.2, 0.25) is 0 Å². The average Bonchev–Trinajstić information content (AvgIpc) is 2.90. The Hall–Kier alpha value is -1.39. The van der Waals surface area contributed by atoms with Crippen LogP contribution in [0.25, 0.3) is 5.52 Å². The average molecular weight is 258 g/mol. The summed E-state index contributed by atoms with van der Waals surface area (Å²) in [5, 5.41) is 0. The molecule has 2 N–H and O–H groups in total. The number of hydrogen-bond donors (Lipinski definition) is 1. The Morgan fingerprint density at radius 1 is 1.47 bits per heavy atom. The van der Waals surface area contributed by atoms with E-state index in [2.05, 4.69) is 39.5 Å². The molecule has 0 saturated carbocycles. The topological polar surface area (TPSA) is 46.6 Å². The summed E-state index contributed by atoms with van der Waals surface area (Å²) in [5.41, 5.74) is 8.01. The molecule has 2 aromatic heterocycles. The molecule has 4 nitrogen and oxygen atoms in total. The third kappa shape index (κ3) is 2.38. The van der Waals surface area contributed by atoms with Gasteiger partial charge >= 0.3 is 0 Å². The summed E-state index contributed by atoms with van der Waals surface area (Å²) in [6, 6.07) is 4.23. The van der Waals surface area contributed by atoms with Crippen LogP contribution in [-0.2, 0) is 6.54 Å². The van der Waals surface area contributed by atoms with E-state index in [1.54, 1.807) is 0 Å². The van der Waals surface area contributed by atoms with Crippen LogP contribution in [0.1, 0.15) is 37.1 Å². The van der Waals surface area contributed by atoms with Crippen LogP contribution in [0.3, 0.4) is 0 Å². The Balaban J connectivity index is 1.92. The SMILES string of the molecule is CCN1CCCC(c2ncc3cc(CN)ccn23)C1. The second kappa shape index (κ2) is 5.31. The Morgan fingerprint density at radius 3 is 3.16 bits per heavy atom. The van der Waals surface area contributed by atoms with Gasteiger partial charge in [-0.05, 0) is 43.6 Å². The normalized spacial score (nSPS) is 21.1. The number of nitrogens with two attached hydrogens (primary N) is 1. The number of pyridine rings is 1. The van der Waals surface area contributed by atoms with E-state index in [1.807, 2.05) is 6.20 Å². The summed E-state index contributed by atoms with van der Waals surface area (Å²) >= 11 is 0. The van der Waals surface area contributed by atoms with Crippen molar-refractivity contribution >= 4 is 5.52 Å². The van der Waals surface area contributed by atoms with Gasteiger partial charge in [-0.2, -0.15) is 0 Å². The smallest absolute Gasteiger partial charge is 0.117 e. The lowest BCUT2D eigenvalue weighted by Crippen LogP contribution is -2.34. The van der Waals surface area contributed by atoms with Crippen LogP contribution < -0.4 is 5.73 Å². The zero-order chi connectivity index (χ0) is 13.2. The van der Waals surface area contributed by atoms with Gasteiger partial charge < -0.3 is 15.0 Å². The van der Waals surface area contributed by atoms with E-state index in [-0.39, 0.29) is 0 Å². The fraction of sp³-hybridized carbons (Fsp3) is 0.533. The van der Waals surface area contributed by atoms with Crippen LogP contribution in [0.4, 0.5) is 0 Å². The first-order chi connectivity index (χ1) is 9.31. The lowest BCUT2D eigenvalue weighted by atomic mass is 9.97. The molecule has 1 unspecified atom stereocenters. The van der Waals surface area contributed by atoms with Gasteiger partial charge in [0, 0.05) is 25.2 Å². The maximum absolute atomic E-state index is 5.69. The molecule has 0 amide bonds. The number of imidazole rings is 1. The summed E-state index contributed by atoms with van der Waals surface area (Å²) in [5.74, 6) is 1.76. The second-order valence-corrected chi connectivity index (χ2v) is 5.38. The maximum atomic E-state index is 5.69. The van der Waals surface area contributed by atoms with Crippen molar-refractivity contribution in [2.75, 3.05) is 19.6 Å². The van der Waals surface area contributed by atoms with E-state index < -0.39 is 0 Å². The third-order valence-electron chi connectivity index (χ3n) is 4.18. The standard InChI is InChI=1S/C15H22N4/c1-2-18-6-3-4-13(11-18)15-17-10-14-8-12(9-16)5-7-19(14)15/h5,7-8,10,13H,2-4,6,9,11,16H2,1H3. The molecule has 1 aliphatic rings. The zero-order valence-electron chi connectivity index (χ0n) is 11.5. The van der Waals surface area contributed by atoms with Gasteiger partial charge in [-0.25, -0.2) is 4.98 Å². The number of hydrogen-bond acceptors (Lipinski definition) is 3. The molecule has 3 rings (SSSR count). The van der Waals surface area contributed by atoms with E-state index in [4.69, 9.17) is 5.73 Å². The Kier molecular flexibility index (Phi) is 3.53. The van der Waals surface area contributed by atoms with E-state index in [1.165, 1.54) is 25.2 Å². The molecule has 0 aliphatic carbocycles. The van der Waals surface area contributed by atoms with Crippen molar-refractivity contribution in [2.45, 2.75) is 32.2 Å². The summed E-state index contributed by atoms with van der Waals surface area (Å²) in [6.45, 7) is 6.32. The minimum absolute atomic E-state index is 0.555. The first kappa shape index (κ1) is 12.6. The van der Waals surface area contributed by atoms with Crippen LogP contribution in [-0.4, -0.2) is 33.9 Å². The minimum Gasteiger partial charge on any atom is -0.326 e. The molecule has 102 valence electrons. The Labute approximate surface area is 114 Å². The van der Waals surface area contributed by atoms with Crippen molar-refractivity contribution < 1.29 is 0 Å². The number of likely N-dealkylation sites (N-methyl/N-ethyl adjacent to an activating group) is 1. The molecular formula is C15H22N4. The van der Waals surface area contributed by atoms with Crippen molar-refractivity contribution in [1.29, 1.82) is 0 Å². The van der Waals surface area contributed by atoms with Gasteiger partial charge in [-0.1, -0.05) is 6.92 Å². The molecule has 4 heteroatoms. The first-order valence-electron chi connectivity index (χ1n) is 7.20. The number of fused-ring (bicyclic) bond motifs is 1. The van der Waals surface area contributed by atoms with Gasteiger partial charge in [-0.3, -0.25) is 0 Å². The first-order valence-corrected chi connectivity index (χ1v) is 7.20. The Morgan fingerprint density at radius 2 is 2.37 bits per heavy atom. The summed E-state index contributed by atoms with van der Waals surface area (Å²) < 4.78 is 2.23. The number of piperidine rings is 1. The molecule has 2 aromatic rings. The summed E-state index contributed by atoms with van der Waals surface area (Å²) in [7, 11) is 0. The molecule has 0 aromatic carbocycles. The minimum atomic E-state index is 0.555. The molecule has 3 heterocycles. The van der Waals surface area contributed by atoms with E-state index in [0.717, 1.165) is 24.2 Å². The predicted molar refractivity (Wildman–Crippen MR) is 77.2 cm³/mol. The van der Waals surface area contributed by atoms with Gasteiger partial charge in [0.1, 0.15) is 5.82 Å². The predicted octanol–water partition coefficient (Wildman–Crippen LogP) is 1.99. The van der Waals surface area contributed by atoms with Crippen molar-refractivity contribution in [3.05, 3.63) is 35.9 Å². The molecule has 0 bridgehead atoms. The highest BCUT2D eigenvalue weighted by Gasteiger charge is 2.23. The molecule has 0 radical (unpaired) electrons. The van der Waals surface area contributed by atoms with Crippen LogP contribution in [0.15, 0.2) is 24.5 Å². The lowest BCUT2D eigenvalue weighted by molar-refractivity contribution is 0.213. The van der Waals surface area contributed by atoms with Gasteiger partial charge in [-0.15, -0.1) is 0 Å². The van der Waals surface area contributed by atoms with Gasteiger partial charge in [0.05, 0.1) is 11.7 Å². The fourth-order valence-electron chi connectivity index (χ4n) is 3.05. The molecule has 1 fully saturated rings. The lowest BCUT2D eigenvalue weighted by Gasteiger charge is -2.31. The molecular weight excluding hydrogens is 236 g/mol. The highest BCUT2D eigenvalue weighted by atomic mass is 15.1. The molecule has 0 spiro atoms. The largest absolute Gasteiger partial charge is 0.326 e.